The van der Waals surface area contributed by atoms with Crippen LogP contribution in [-0.4, -0.2) is 18.5 Å². The summed E-state index contributed by atoms with van der Waals surface area (Å²) in [4.78, 5) is 24.9. The average Bonchev–Trinajstić information content (AvgIpc) is 2.57. The van der Waals surface area contributed by atoms with E-state index in [2.05, 4.69) is 13.8 Å². The van der Waals surface area contributed by atoms with E-state index in [0.717, 1.165) is 24.0 Å². The van der Waals surface area contributed by atoms with E-state index in [4.69, 9.17) is 9.47 Å². The van der Waals surface area contributed by atoms with Crippen molar-refractivity contribution >= 4 is 11.9 Å². The van der Waals surface area contributed by atoms with Crippen molar-refractivity contribution in [2.24, 2.45) is 5.92 Å². The van der Waals surface area contributed by atoms with Crippen LogP contribution in [0.3, 0.4) is 0 Å². The standard InChI is InChI=1S/C22H26O4/c1-15(2)8-7-11-25-21(23)19-9-5-6-10-20(19)22(24)26-18-13-16(3)12-17(4)14-18/h5-6,9-10,12-15H,7-8,11H2,1-4H3. The van der Waals surface area contributed by atoms with E-state index in [9.17, 15) is 9.59 Å². The smallest absolute Gasteiger partial charge is 0.344 e. The van der Waals surface area contributed by atoms with E-state index < -0.39 is 11.9 Å². The molecule has 2 rings (SSSR count). The predicted molar refractivity (Wildman–Crippen MR) is 102 cm³/mol. The Kier molecular flexibility index (Phi) is 6.96. The maximum absolute atomic E-state index is 12.6. The number of ether oxygens (including phenoxy) is 2. The molecule has 0 saturated carbocycles. The van der Waals surface area contributed by atoms with Gasteiger partial charge in [0.05, 0.1) is 17.7 Å². The Balaban J connectivity index is 2.09. The molecule has 0 spiro atoms. The molecule has 0 radical (unpaired) electrons. The van der Waals surface area contributed by atoms with Crippen molar-refractivity contribution in [3.8, 4) is 5.75 Å². The minimum absolute atomic E-state index is 0.209. The zero-order valence-corrected chi connectivity index (χ0v) is 15.9. The SMILES string of the molecule is Cc1cc(C)cc(OC(=O)c2ccccc2C(=O)OCCCC(C)C)c1. The van der Waals surface area contributed by atoms with Crippen LogP contribution in [0, 0.1) is 19.8 Å². The average molecular weight is 354 g/mol. The summed E-state index contributed by atoms with van der Waals surface area (Å²) in [5, 5.41) is 0. The fraction of sp³-hybridized carbons (Fsp3) is 0.364. The Labute approximate surface area is 155 Å². The van der Waals surface area contributed by atoms with Crippen molar-refractivity contribution in [1.29, 1.82) is 0 Å². The molecule has 4 nitrogen and oxygen atoms in total. The molecule has 138 valence electrons. The van der Waals surface area contributed by atoms with Gasteiger partial charge in [0.2, 0.25) is 0 Å². The lowest BCUT2D eigenvalue weighted by atomic mass is 10.1. The predicted octanol–water partition coefficient (Wildman–Crippen LogP) is 5.12. The molecule has 4 heteroatoms. The third-order valence-electron chi connectivity index (χ3n) is 3.93. The second kappa shape index (κ2) is 9.18. The van der Waals surface area contributed by atoms with E-state index in [1.165, 1.54) is 0 Å². The molecule has 0 aromatic heterocycles. The number of carbonyl (C=O) groups is 2. The van der Waals surface area contributed by atoms with Gasteiger partial charge in [-0.3, -0.25) is 0 Å². The number of carbonyl (C=O) groups excluding carboxylic acids is 2. The maximum Gasteiger partial charge on any atom is 0.344 e. The van der Waals surface area contributed by atoms with Crippen LogP contribution in [0.15, 0.2) is 42.5 Å². The molecule has 0 unspecified atom stereocenters. The number of hydrogen-bond acceptors (Lipinski definition) is 4. The molecular weight excluding hydrogens is 328 g/mol. The lowest BCUT2D eigenvalue weighted by Gasteiger charge is -2.11. The second-order valence-corrected chi connectivity index (χ2v) is 6.93. The Morgan fingerprint density at radius 1 is 0.923 bits per heavy atom. The zero-order chi connectivity index (χ0) is 19.1. The molecule has 0 amide bonds. The summed E-state index contributed by atoms with van der Waals surface area (Å²) in [6.07, 6.45) is 1.79. The molecule has 2 aromatic rings. The molecule has 0 N–H and O–H groups in total. The van der Waals surface area contributed by atoms with Crippen molar-refractivity contribution in [3.63, 3.8) is 0 Å². The van der Waals surface area contributed by atoms with E-state index in [1.807, 2.05) is 19.9 Å². The number of esters is 2. The van der Waals surface area contributed by atoms with Gasteiger partial charge in [-0.1, -0.05) is 32.0 Å². The van der Waals surface area contributed by atoms with Crippen LogP contribution >= 0.6 is 0 Å². The lowest BCUT2D eigenvalue weighted by Crippen LogP contribution is -2.16. The number of rotatable bonds is 7. The Morgan fingerprint density at radius 3 is 2.08 bits per heavy atom. The van der Waals surface area contributed by atoms with E-state index >= 15 is 0 Å². The summed E-state index contributed by atoms with van der Waals surface area (Å²) in [7, 11) is 0. The van der Waals surface area contributed by atoms with Crippen molar-refractivity contribution in [2.45, 2.75) is 40.5 Å². The molecule has 0 fully saturated rings. The van der Waals surface area contributed by atoms with Crippen LogP contribution in [0.4, 0.5) is 0 Å². The summed E-state index contributed by atoms with van der Waals surface area (Å²) >= 11 is 0. The summed E-state index contributed by atoms with van der Waals surface area (Å²) in [6.45, 7) is 8.47. The minimum atomic E-state index is -0.565. The van der Waals surface area contributed by atoms with Crippen molar-refractivity contribution in [1.82, 2.24) is 0 Å². The molecule has 0 atom stereocenters. The highest BCUT2D eigenvalue weighted by molar-refractivity contribution is 6.03. The number of hydrogen-bond donors (Lipinski definition) is 0. The van der Waals surface area contributed by atoms with Crippen LogP contribution in [0.1, 0.15) is 58.5 Å². The molecule has 0 aliphatic carbocycles. The van der Waals surface area contributed by atoms with Gasteiger partial charge >= 0.3 is 11.9 Å². The fourth-order valence-electron chi connectivity index (χ4n) is 2.73. The van der Waals surface area contributed by atoms with Gasteiger partial charge in [-0.15, -0.1) is 0 Å². The van der Waals surface area contributed by atoms with Gasteiger partial charge in [0.25, 0.3) is 0 Å². The Morgan fingerprint density at radius 2 is 1.50 bits per heavy atom. The molecule has 0 heterocycles. The Hall–Kier alpha value is -2.62. The van der Waals surface area contributed by atoms with E-state index in [-0.39, 0.29) is 11.1 Å². The first kappa shape index (κ1) is 19.7. The van der Waals surface area contributed by atoms with Crippen LogP contribution in [-0.2, 0) is 4.74 Å². The third kappa shape index (κ3) is 5.73. The highest BCUT2D eigenvalue weighted by Gasteiger charge is 2.19. The van der Waals surface area contributed by atoms with Crippen LogP contribution in [0.5, 0.6) is 5.75 Å². The first-order chi connectivity index (χ1) is 12.4. The topological polar surface area (TPSA) is 52.6 Å². The Bertz CT molecular complexity index is 757. The highest BCUT2D eigenvalue weighted by Crippen LogP contribution is 2.19. The maximum atomic E-state index is 12.6. The summed E-state index contributed by atoms with van der Waals surface area (Å²) in [5.74, 6) is -0.0344. The van der Waals surface area contributed by atoms with Gasteiger partial charge in [-0.25, -0.2) is 9.59 Å². The van der Waals surface area contributed by atoms with Crippen LogP contribution in [0.2, 0.25) is 0 Å². The van der Waals surface area contributed by atoms with Crippen molar-refractivity contribution in [3.05, 3.63) is 64.7 Å². The van der Waals surface area contributed by atoms with Crippen LogP contribution in [0.25, 0.3) is 0 Å². The van der Waals surface area contributed by atoms with Crippen LogP contribution < -0.4 is 4.74 Å². The largest absolute Gasteiger partial charge is 0.462 e. The zero-order valence-electron chi connectivity index (χ0n) is 15.9. The molecule has 2 aromatic carbocycles. The molecule has 0 aliphatic rings. The minimum Gasteiger partial charge on any atom is -0.462 e. The van der Waals surface area contributed by atoms with Gasteiger partial charge in [0.15, 0.2) is 0 Å². The number of benzene rings is 2. The van der Waals surface area contributed by atoms with Gasteiger partial charge in [0.1, 0.15) is 5.75 Å². The highest BCUT2D eigenvalue weighted by atomic mass is 16.5. The monoisotopic (exact) mass is 354 g/mol. The van der Waals surface area contributed by atoms with E-state index in [1.54, 1.807) is 36.4 Å². The first-order valence-corrected chi connectivity index (χ1v) is 8.93. The molecular formula is C22H26O4. The third-order valence-corrected chi connectivity index (χ3v) is 3.93. The molecule has 26 heavy (non-hydrogen) atoms. The van der Waals surface area contributed by atoms with Gasteiger partial charge < -0.3 is 9.47 Å². The molecule has 0 bridgehead atoms. The fourth-order valence-corrected chi connectivity index (χ4v) is 2.73. The van der Waals surface area contributed by atoms with E-state index in [0.29, 0.717) is 18.3 Å². The van der Waals surface area contributed by atoms with Crippen molar-refractivity contribution in [2.75, 3.05) is 6.61 Å². The normalized spacial score (nSPS) is 10.7. The van der Waals surface area contributed by atoms with Crippen molar-refractivity contribution < 1.29 is 19.1 Å². The molecule has 0 aliphatic heterocycles. The van der Waals surface area contributed by atoms with Gasteiger partial charge in [-0.2, -0.15) is 0 Å². The van der Waals surface area contributed by atoms with Gasteiger partial charge in [0, 0.05) is 0 Å². The van der Waals surface area contributed by atoms with Gasteiger partial charge in [-0.05, 0) is 68.0 Å². The summed E-state index contributed by atoms with van der Waals surface area (Å²) in [6, 6.07) is 12.2. The summed E-state index contributed by atoms with van der Waals surface area (Å²) < 4.78 is 10.8. The second-order valence-electron chi connectivity index (χ2n) is 6.93. The quantitative estimate of drug-likeness (QED) is 0.394. The molecule has 0 saturated heterocycles. The lowest BCUT2D eigenvalue weighted by molar-refractivity contribution is 0.0486. The summed E-state index contributed by atoms with van der Waals surface area (Å²) in [5.41, 5.74) is 2.45. The first-order valence-electron chi connectivity index (χ1n) is 8.93. The number of aryl methyl sites for hydroxylation is 2.